The first-order valence-corrected chi connectivity index (χ1v) is 8.26. The highest BCUT2D eigenvalue weighted by Gasteiger charge is 2.32. The molecule has 0 spiro atoms. The van der Waals surface area contributed by atoms with E-state index in [0.717, 1.165) is 24.8 Å². The van der Waals surface area contributed by atoms with Crippen LogP contribution in [0.25, 0.3) is 10.8 Å². The van der Waals surface area contributed by atoms with Crippen LogP contribution in [0.4, 0.5) is 13.2 Å². The van der Waals surface area contributed by atoms with E-state index in [1.165, 1.54) is 11.0 Å². The Balaban J connectivity index is 2.17. The van der Waals surface area contributed by atoms with Gasteiger partial charge in [0.05, 0.1) is 0 Å². The molecule has 1 saturated heterocycles. The number of halogens is 3. The lowest BCUT2D eigenvalue weighted by molar-refractivity contribution is -0.141. The molecular weight excluding hydrogens is 333 g/mol. The predicted molar refractivity (Wildman–Crippen MR) is 88.8 cm³/mol. The zero-order valence-electron chi connectivity index (χ0n) is 13.9. The number of likely N-dealkylation sites (tertiary alicyclic amines) is 1. The molecule has 1 aliphatic heterocycles. The summed E-state index contributed by atoms with van der Waals surface area (Å²) in [5.41, 5.74) is -0.197. The zero-order chi connectivity index (χ0) is 18.2. The van der Waals surface area contributed by atoms with Gasteiger partial charge in [-0.15, -0.1) is 0 Å². The average molecular weight is 352 g/mol. The standard InChI is InChI=1S/C18H19F3N2O2/c1-12-5-6-13-10-15(17(25)22-7-3-2-4-8-22)23(11-18(19,20)21)16(24)14(13)9-12/h5-6,9-10H,2-4,7-8,11H2,1H3. The average Bonchev–Trinajstić information content (AvgIpc) is 2.57. The van der Waals surface area contributed by atoms with Crippen molar-refractivity contribution in [2.24, 2.45) is 0 Å². The number of piperidine rings is 1. The van der Waals surface area contributed by atoms with Crippen molar-refractivity contribution < 1.29 is 18.0 Å². The van der Waals surface area contributed by atoms with E-state index in [1.54, 1.807) is 25.1 Å². The number of nitrogens with zero attached hydrogens (tertiary/aromatic N) is 2. The van der Waals surface area contributed by atoms with E-state index >= 15 is 0 Å². The van der Waals surface area contributed by atoms with E-state index in [1.807, 2.05) is 0 Å². The fourth-order valence-electron chi connectivity index (χ4n) is 3.23. The number of hydrogen-bond donors (Lipinski definition) is 0. The minimum atomic E-state index is -4.59. The van der Waals surface area contributed by atoms with Gasteiger partial charge in [-0.1, -0.05) is 17.7 Å². The Kier molecular flexibility index (Phi) is 4.58. The van der Waals surface area contributed by atoms with E-state index in [2.05, 4.69) is 0 Å². The number of fused-ring (bicyclic) bond motifs is 1. The van der Waals surface area contributed by atoms with Gasteiger partial charge in [-0.25, -0.2) is 0 Å². The molecule has 0 N–H and O–H groups in total. The third-order valence-electron chi connectivity index (χ3n) is 4.47. The van der Waals surface area contributed by atoms with Crippen molar-refractivity contribution in [2.75, 3.05) is 13.1 Å². The van der Waals surface area contributed by atoms with Gasteiger partial charge in [0.2, 0.25) is 0 Å². The highest BCUT2D eigenvalue weighted by molar-refractivity contribution is 5.97. The summed E-state index contributed by atoms with van der Waals surface area (Å²) in [5.74, 6) is -0.511. The van der Waals surface area contributed by atoms with Crippen molar-refractivity contribution in [2.45, 2.75) is 38.9 Å². The number of amides is 1. The van der Waals surface area contributed by atoms with Crippen molar-refractivity contribution in [1.82, 2.24) is 9.47 Å². The Morgan fingerprint density at radius 2 is 1.80 bits per heavy atom. The van der Waals surface area contributed by atoms with Gasteiger partial charge in [0.25, 0.3) is 11.5 Å². The van der Waals surface area contributed by atoms with Crippen molar-refractivity contribution in [3.05, 3.63) is 45.9 Å². The largest absolute Gasteiger partial charge is 0.406 e. The number of aryl methyl sites for hydroxylation is 1. The number of hydrogen-bond acceptors (Lipinski definition) is 2. The Morgan fingerprint density at radius 1 is 1.12 bits per heavy atom. The van der Waals surface area contributed by atoms with Gasteiger partial charge in [0.15, 0.2) is 0 Å². The van der Waals surface area contributed by atoms with Crippen LogP contribution in [0.5, 0.6) is 0 Å². The van der Waals surface area contributed by atoms with Gasteiger partial charge in [0, 0.05) is 18.5 Å². The lowest BCUT2D eigenvalue weighted by atomic mass is 10.1. The van der Waals surface area contributed by atoms with E-state index in [0.29, 0.717) is 23.0 Å². The summed E-state index contributed by atoms with van der Waals surface area (Å²) in [6, 6.07) is 6.39. The summed E-state index contributed by atoms with van der Waals surface area (Å²) in [4.78, 5) is 27.0. The topological polar surface area (TPSA) is 42.3 Å². The minimum absolute atomic E-state index is 0.194. The molecule has 1 amide bonds. The van der Waals surface area contributed by atoms with Crippen LogP contribution in [-0.4, -0.2) is 34.6 Å². The molecule has 7 heteroatoms. The molecule has 1 aromatic heterocycles. The first kappa shape index (κ1) is 17.5. The maximum Gasteiger partial charge on any atom is 0.406 e. The summed E-state index contributed by atoms with van der Waals surface area (Å²) >= 11 is 0. The molecule has 0 aliphatic carbocycles. The summed E-state index contributed by atoms with van der Waals surface area (Å²) in [6.45, 7) is 1.31. The lowest BCUT2D eigenvalue weighted by Gasteiger charge is -2.28. The second-order valence-electron chi connectivity index (χ2n) is 6.48. The van der Waals surface area contributed by atoms with Crippen LogP contribution in [0.2, 0.25) is 0 Å². The van der Waals surface area contributed by atoms with Crippen LogP contribution < -0.4 is 5.56 Å². The second-order valence-corrected chi connectivity index (χ2v) is 6.48. The third-order valence-corrected chi connectivity index (χ3v) is 4.47. The van der Waals surface area contributed by atoms with Gasteiger partial charge < -0.3 is 4.90 Å². The SMILES string of the molecule is Cc1ccc2cc(C(=O)N3CCCCC3)n(CC(F)(F)F)c(=O)c2c1. The fourth-order valence-corrected chi connectivity index (χ4v) is 3.23. The minimum Gasteiger partial charge on any atom is -0.337 e. The molecule has 134 valence electrons. The van der Waals surface area contributed by atoms with Gasteiger partial charge in [0.1, 0.15) is 12.2 Å². The van der Waals surface area contributed by atoms with E-state index in [9.17, 15) is 22.8 Å². The first-order valence-electron chi connectivity index (χ1n) is 8.26. The first-order chi connectivity index (χ1) is 11.8. The predicted octanol–water partition coefficient (Wildman–Crippen LogP) is 3.50. The third kappa shape index (κ3) is 3.70. The van der Waals surface area contributed by atoms with E-state index < -0.39 is 24.2 Å². The highest BCUT2D eigenvalue weighted by Crippen LogP contribution is 2.22. The quantitative estimate of drug-likeness (QED) is 0.830. The van der Waals surface area contributed by atoms with Gasteiger partial charge in [-0.05, 0) is 43.7 Å². The van der Waals surface area contributed by atoms with Gasteiger partial charge in [-0.3, -0.25) is 14.2 Å². The summed E-state index contributed by atoms with van der Waals surface area (Å²) in [6.07, 6.45) is -1.95. The summed E-state index contributed by atoms with van der Waals surface area (Å²) in [5, 5.41) is 0.675. The molecule has 4 nitrogen and oxygen atoms in total. The highest BCUT2D eigenvalue weighted by atomic mass is 19.4. The molecule has 25 heavy (non-hydrogen) atoms. The Bertz CT molecular complexity index is 865. The van der Waals surface area contributed by atoms with Crippen LogP contribution in [-0.2, 0) is 6.54 Å². The Labute approximate surface area is 142 Å². The van der Waals surface area contributed by atoms with E-state index in [4.69, 9.17) is 0 Å². The molecule has 0 saturated carbocycles. The lowest BCUT2D eigenvalue weighted by Crippen LogP contribution is -2.40. The molecule has 1 aromatic carbocycles. The van der Waals surface area contributed by atoms with Crippen LogP contribution in [0, 0.1) is 6.92 Å². The fraction of sp³-hybridized carbons (Fsp3) is 0.444. The molecule has 1 aliphatic rings. The normalized spacial score (nSPS) is 15.6. The number of rotatable bonds is 2. The number of aromatic nitrogens is 1. The molecular formula is C18H19F3N2O2. The smallest absolute Gasteiger partial charge is 0.337 e. The number of carbonyl (C=O) groups is 1. The molecule has 2 heterocycles. The van der Waals surface area contributed by atoms with Gasteiger partial charge in [-0.2, -0.15) is 13.2 Å². The Morgan fingerprint density at radius 3 is 2.44 bits per heavy atom. The zero-order valence-corrected chi connectivity index (χ0v) is 13.9. The number of carbonyl (C=O) groups excluding carboxylic acids is 1. The molecule has 0 unspecified atom stereocenters. The molecule has 2 aromatic rings. The van der Waals surface area contributed by atoms with Crippen molar-refractivity contribution in [3.63, 3.8) is 0 Å². The molecule has 1 fully saturated rings. The molecule has 0 radical (unpaired) electrons. The molecule has 0 bridgehead atoms. The number of benzene rings is 1. The van der Waals surface area contributed by atoms with Gasteiger partial charge >= 0.3 is 6.18 Å². The van der Waals surface area contributed by atoms with E-state index in [-0.39, 0.29) is 11.1 Å². The van der Waals surface area contributed by atoms with Crippen molar-refractivity contribution in [1.29, 1.82) is 0 Å². The summed E-state index contributed by atoms with van der Waals surface area (Å²) < 4.78 is 39.6. The number of alkyl halides is 3. The number of pyridine rings is 1. The summed E-state index contributed by atoms with van der Waals surface area (Å²) in [7, 11) is 0. The molecule has 3 rings (SSSR count). The van der Waals surface area contributed by atoms with Crippen molar-refractivity contribution in [3.8, 4) is 0 Å². The molecule has 0 atom stereocenters. The van der Waals surface area contributed by atoms with Crippen LogP contribution in [0.15, 0.2) is 29.1 Å². The Hall–Kier alpha value is -2.31. The second kappa shape index (κ2) is 6.54. The van der Waals surface area contributed by atoms with Crippen LogP contribution >= 0.6 is 0 Å². The van der Waals surface area contributed by atoms with Crippen LogP contribution in [0.1, 0.15) is 35.3 Å². The maximum atomic E-state index is 13.0. The van der Waals surface area contributed by atoms with Crippen LogP contribution in [0.3, 0.4) is 0 Å². The maximum absolute atomic E-state index is 13.0. The van der Waals surface area contributed by atoms with Crippen molar-refractivity contribution >= 4 is 16.7 Å². The monoisotopic (exact) mass is 352 g/mol.